The van der Waals surface area contributed by atoms with E-state index in [1.165, 1.54) is 7.11 Å². The van der Waals surface area contributed by atoms with Gasteiger partial charge in [0.15, 0.2) is 0 Å². The summed E-state index contributed by atoms with van der Waals surface area (Å²) in [6.07, 6.45) is 1.80. The second-order valence-corrected chi connectivity index (χ2v) is 3.51. The van der Waals surface area contributed by atoms with Crippen molar-refractivity contribution in [3.63, 3.8) is 0 Å². The number of fused-ring (bicyclic) bond motifs is 1. The number of nitrogens with two attached hydrogens (primary N) is 1. The van der Waals surface area contributed by atoms with Crippen LogP contribution in [0.25, 0.3) is 0 Å². The molecule has 0 fully saturated rings. The first kappa shape index (κ1) is 9.21. The van der Waals surface area contributed by atoms with Gasteiger partial charge in [-0.15, -0.1) is 0 Å². The van der Waals surface area contributed by atoms with Gasteiger partial charge in [0.2, 0.25) is 0 Å². The summed E-state index contributed by atoms with van der Waals surface area (Å²) in [7, 11) is 1.40. The number of esters is 1. The maximum Gasteiger partial charge on any atom is 0.338 e. The molecule has 3 heteroatoms. The van der Waals surface area contributed by atoms with Crippen LogP contribution in [0.15, 0.2) is 18.2 Å². The second kappa shape index (κ2) is 3.42. The molecule has 0 aromatic heterocycles. The summed E-state index contributed by atoms with van der Waals surface area (Å²) in [4.78, 5) is 11.4. The molecule has 1 aromatic carbocycles. The van der Waals surface area contributed by atoms with Crippen molar-refractivity contribution in [1.29, 1.82) is 0 Å². The van der Waals surface area contributed by atoms with Gasteiger partial charge >= 0.3 is 5.97 Å². The van der Waals surface area contributed by atoms with Crippen molar-refractivity contribution in [2.45, 2.75) is 18.9 Å². The fourth-order valence-corrected chi connectivity index (χ4v) is 1.99. The van der Waals surface area contributed by atoms with Gasteiger partial charge in [-0.05, 0) is 30.0 Å². The number of hydrogen-bond acceptors (Lipinski definition) is 3. The number of hydrogen-bond donors (Lipinski definition) is 1. The number of ether oxygens (including phenoxy) is 1. The summed E-state index contributed by atoms with van der Waals surface area (Å²) < 4.78 is 4.72. The standard InChI is InChI=1S/C11H13NO2.H2/c1-14-11(13)9-4-2-3-8-7(9)5-6-10(8)12;/h2-4,10H,5-6,12H2,1H3;1H/t10-;/m0./s1. The van der Waals surface area contributed by atoms with Crippen molar-refractivity contribution < 1.29 is 11.0 Å². The van der Waals surface area contributed by atoms with E-state index in [1.54, 1.807) is 6.07 Å². The van der Waals surface area contributed by atoms with Crippen molar-refractivity contribution >= 4 is 5.97 Å². The Labute approximate surface area is 84.4 Å². The molecule has 1 aromatic rings. The van der Waals surface area contributed by atoms with Gasteiger partial charge in [0, 0.05) is 7.47 Å². The van der Waals surface area contributed by atoms with E-state index in [0.717, 1.165) is 24.0 Å². The Kier molecular flexibility index (Phi) is 2.25. The van der Waals surface area contributed by atoms with E-state index in [4.69, 9.17) is 10.5 Å². The van der Waals surface area contributed by atoms with E-state index < -0.39 is 0 Å². The molecule has 0 aliphatic heterocycles. The number of carbonyl (C=O) groups excluding carboxylic acids is 1. The van der Waals surface area contributed by atoms with Gasteiger partial charge in [0.1, 0.15) is 0 Å². The first-order valence-corrected chi connectivity index (χ1v) is 4.69. The zero-order valence-corrected chi connectivity index (χ0v) is 8.12. The second-order valence-electron chi connectivity index (χ2n) is 3.51. The van der Waals surface area contributed by atoms with Crippen LogP contribution in [0.5, 0.6) is 0 Å². The van der Waals surface area contributed by atoms with E-state index in [9.17, 15) is 4.79 Å². The Hall–Kier alpha value is -1.35. The number of methoxy groups -OCH3 is 1. The SMILES string of the molecule is COC(=O)c1cccc2c1CC[C@@H]2N.[HH]. The molecule has 0 saturated heterocycles. The number of carbonyl (C=O) groups is 1. The first-order chi connectivity index (χ1) is 6.74. The zero-order valence-electron chi connectivity index (χ0n) is 8.12. The highest BCUT2D eigenvalue weighted by molar-refractivity contribution is 5.91. The molecule has 2 N–H and O–H groups in total. The molecule has 3 nitrogen and oxygen atoms in total. The van der Waals surface area contributed by atoms with Gasteiger partial charge in [0.25, 0.3) is 0 Å². The van der Waals surface area contributed by atoms with Gasteiger partial charge < -0.3 is 10.5 Å². The summed E-state index contributed by atoms with van der Waals surface area (Å²) in [6, 6.07) is 5.72. The van der Waals surface area contributed by atoms with Crippen molar-refractivity contribution in [1.82, 2.24) is 0 Å². The van der Waals surface area contributed by atoms with Crippen LogP contribution in [0.4, 0.5) is 0 Å². The zero-order chi connectivity index (χ0) is 10.1. The van der Waals surface area contributed by atoms with Crippen molar-refractivity contribution in [2.75, 3.05) is 7.11 Å². The highest BCUT2D eigenvalue weighted by atomic mass is 16.5. The summed E-state index contributed by atoms with van der Waals surface area (Å²) in [6.45, 7) is 0. The van der Waals surface area contributed by atoms with E-state index >= 15 is 0 Å². The Balaban J connectivity index is 0.00000112. The average molecular weight is 193 g/mol. The molecular formula is C11H15NO2. The Morgan fingerprint density at radius 2 is 2.43 bits per heavy atom. The predicted molar refractivity (Wildman–Crippen MR) is 55.1 cm³/mol. The summed E-state index contributed by atoms with van der Waals surface area (Å²) >= 11 is 0. The topological polar surface area (TPSA) is 52.3 Å². The van der Waals surface area contributed by atoms with Crippen molar-refractivity contribution in [3.05, 3.63) is 34.9 Å². The van der Waals surface area contributed by atoms with E-state index in [0.29, 0.717) is 5.56 Å². The minimum absolute atomic E-state index is 0. The molecule has 0 saturated carbocycles. The van der Waals surface area contributed by atoms with Crippen LogP contribution in [0.3, 0.4) is 0 Å². The lowest BCUT2D eigenvalue weighted by Gasteiger charge is -2.07. The average Bonchev–Trinajstić information content (AvgIpc) is 2.59. The van der Waals surface area contributed by atoms with Gasteiger partial charge in [0.05, 0.1) is 12.7 Å². The smallest absolute Gasteiger partial charge is 0.338 e. The first-order valence-electron chi connectivity index (χ1n) is 4.69. The highest BCUT2D eigenvalue weighted by Crippen LogP contribution is 2.31. The fraction of sp³-hybridized carbons (Fsp3) is 0.364. The van der Waals surface area contributed by atoms with Crippen molar-refractivity contribution in [3.8, 4) is 0 Å². The molecule has 2 rings (SSSR count). The quantitative estimate of drug-likeness (QED) is 0.690. The van der Waals surface area contributed by atoms with Crippen LogP contribution in [0, 0.1) is 0 Å². The third-order valence-electron chi connectivity index (χ3n) is 2.72. The molecule has 0 spiro atoms. The van der Waals surface area contributed by atoms with Crippen LogP contribution < -0.4 is 5.73 Å². The molecule has 1 aliphatic carbocycles. The van der Waals surface area contributed by atoms with Crippen LogP contribution in [0.2, 0.25) is 0 Å². The molecule has 0 amide bonds. The Bertz CT molecular complexity index is 379. The molecular weight excluding hydrogens is 178 g/mol. The molecule has 14 heavy (non-hydrogen) atoms. The molecule has 0 radical (unpaired) electrons. The fourth-order valence-electron chi connectivity index (χ4n) is 1.99. The van der Waals surface area contributed by atoms with E-state index in [2.05, 4.69) is 0 Å². The van der Waals surface area contributed by atoms with E-state index in [1.807, 2.05) is 12.1 Å². The molecule has 76 valence electrons. The lowest BCUT2D eigenvalue weighted by molar-refractivity contribution is 0.0599. The monoisotopic (exact) mass is 193 g/mol. The molecule has 0 heterocycles. The largest absolute Gasteiger partial charge is 0.465 e. The third kappa shape index (κ3) is 1.30. The normalized spacial score (nSPS) is 19.1. The minimum Gasteiger partial charge on any atom is -0.465 e. The lowest BCUT2D eigenvalue weighted by atomic mass is 10.0. The van der Waals surface area contributed by atoms with Crippen molar-refractivity contribution in [2.24, 2.45) is 5.73 Å². The molecule has 0 bridgehead atoms. The van der Waals surface area contributed by atoms with Gasteiger partial charge in [-0.3, -0.25) is 0 Å². The maximum absolute atomic E-state index is 11.4. The number of benzene rings is 1. The van der Waals surface area contributed by atoms with Crippen LogP contribution in [-0.4, -0.2) is 13.1 Å². The van der Waals surface area contributed by atoms with E-state index in [-0.39, 0.29) is 13.4 Å². The van der Waals surface area contributed by atoms with Gasteiger partial charge in [-0.2, -0.15) is 0 Å². The van der Waals surface area contributed by atoms with Crippen LogP contribution >= 0.6 is 0 Å². The summed E-state index contributed by atoms with van der Waals surface area (Å²) in [5, 5.41) is 0. The molecule has 1 atom stereocenters. The van der Waals surface area contributed by atoms with Gasteiger partial charge in [-0.1, -0.05) is 12.1 Å². The molecule has 1 aliphatic rings. The summed E-state index contributed by atoms with van der Waals surface area (Å²) in [5.74, 6) is -0.268. The minimum atomic E-state index is -0.268. The van der Waals surface area contributed by atoms with Crippen LogP contribution in [-0.2, 0) is 11.2 Å². The maximum atomic E-state index is 11.4. The Morgan fingerprint density at radius 3 is 3.14 bits per heavy atom. The summed E-state index contributed by atoms with van der Waals surface area (Å²) in [5.41, 5.74) is 8.72. The predicted octanol–water partition coefficient (Wildman–Crippen LogP) is 1.67. The third-order valence-corrected chi connectivity index (χ3v) is 2.72. The highest BCUT2D eigenvalue weighted by Gasteiger charge is 2.23. The van der Waals surface area contributed by atoms with Crippen LogP contribution in [0.1, 0.15) is 35.4 Å². The Morgan fingerprint density at radius 1 is 1.64 bits per heavy atom. The lowest BCUT2D eigenvalue weighted by Crippen LogP contribution is -2.08. The van der Waals surface area contributed by atoms with Gasteiger partial charge in [-0.25, -0.2) is 4.79 Å². The molecule has 0 unspecified atom stereocenters. The number of rotatable bonds is 1.